The van der Waals surface area contributed by atoms with Crippen LogP contribution in [0.4, 0.5) is 10.7 Å². The van der Waals surface area contributed by atoms with E-state index in [0.717, 1.165) is 45.1 Å². The van der Waals surface area contributed by atoms with Crippen molar-refractivity contribution in [1.82, 2.24) is 25.5 Å². The number of piperazine rings is 1. The molecule has 136 valence electrons. The topological polar surface area (TPSA) is 73.4 Å². The Bertz CT molecular complexity index is 563. The molecule has 1 unspecified atom stereocenters. The summed E-state index contributed by atoms with van der Waals surface area (Å²) in [5.41, 5.74) is 0. The van der Waals surface area contributed by atoms with Crippen LogP contribution in [0.5, 0.6) is 0 Å². The van der Waals surface area contributed by atoms with E-state index in [0.29, 0.717) is 6.54 Å². The highest BCUT2D eigenvalue weighted by Crippen LogP contribution is 2.09. The lowest BCUT2D eigenvalue weighted by Gasteiger charge is -2.34. The molecule has 0 aliphatic carbocycles. The summed E-state index contributed by atoms with van der Waals surface area (Å²) < 4.78 is 0. The second kappa shape index (κ2) is 9.84. The first kappa shape index (κ1) is 19.0. The van der Waals surface area contributed by atoms with E-state index in [9.17, 15) is 4.79 Å². The highest BCUT2D eigenvalue weighted by atomic mass is 16.2. The third-order valence-corrected chi connectivity index (χ3v) is 4.28. The number of hydrogen-bond acceptors (Lipinski definition) is 5. The molecule has 1 aliphatic heterocycles. The van der Waals surface area contributed by atoms with E-state index in [1.54, 1.807) is 12.4 Å². The lowest BCUT2D eigenvalue weighted by molar-refractivity contribution is 0.232. The van der Waals surface area contributed by atoms with E-state index in [1.165, 1.54) is 0 Å². The molecular weight excluding hydrogens is 316 g/mol. The van der Waals surface area contributed by atoms with Gasteiger partial charge in [-0.25, -0.2) is 14.8 Å². The number of hydrogen-bond donors (Lipinski definition) is 2. The largest absolute Gasteiger partial charge is 0.338 e. The van der Waals surface area contributed by atoms with Crippen LogP contribution in [-0.2, 0) is 0 Å². The molecule has 7 nitrogen and oxygen atoms in total. The normalized spacial score (nSPS) is 16.3. The minimum atomic E-state index is -0.228. The number of aromatic nitrogens is 2. The first-order valence-electron chi connectivity index (χ1n) is 8.85. The van der Waals surface area contributed by atoms with E-state index < -0.39 is 0 Å². The van der Waals surface area contributed by atoms with Crippen molar-refractivity contribution in [3.05, 3.63) is 18.5 Å². The Kier molecular flexibility index (Phi) is 7.48. The van der Waals surface area contributed by atoms with E-state index in [4.69, 9.17) is 6.42 Å². The van der Waals surface area contributed by atoms with Gasteiger partial charge in [0.15, 0.2) is 0 Å². The summed E-state index contributed by atoms with van der Waals surface area (Å²) in [6, 6.07) is 1.41. The molecule has 1 saturated heterocycles. The number of amides is 2. The van der Waals surface area contributed by atoms with Crippen molar-refractivity contribution < 1.29 is 4.79 Å². The van der Waals surface area contributed by atoms with Crippen LogP contribution < -0.4 is 15.5 Å². The van der Waals surface area contributed by atoms with Gasteiger partial charge in [0.05, 0.1) is 6.04 Å². The number of nitrogens with zero attached hydrogens (tertiary/aromatic N) is 4. The molecule has 2 N–H and O–H groups in total. The molecule has 1 aromatic heterocycles. The first-order valence-corrected chi connectivity index (χ1v) is 8.85. The number of nitrogens with one attached hydrogen (secondary N) is 2. The van der Waals surface area contributed by atoms with Crippen molar-refractivity contribution in [1.29, 1.82) is 0 Å². The van der Waals surface area contributed by atoms with Crippen LogP contribution in [0.25, 0.3) is 0 Å². The van der Waals surface area contributed by atoms with Gasteiger partial charge in [-0.2, -0.15) is 0 Å². The second-order valence-corrected chi connectivity index (χ2v) is 6.52. The molecule has 25 heavy (non-hydrogen) atoms. The molecule has 0 spiro atoms. The smallest absolute Gasteiger partial charge is 0.315 e. The van der Waals surface area contributed by atoms with Crippen LogP contribution >= 0.6 is 0 Å². The Hall–Kier alpha value is -2.33. The average Bonchev–Trinajstić information content (AvgIpc) is 2.64. The van der Waals surface area contributed by atoms with Crippen LogP contribution in [-0.4, -0.2) is 66.2 Å². The SMILES string of the molecule is C#CC(NC(=O)NCCCN1CCN(c2ncccn2)CC1)C(C)C. The number of urea groups is 1. The van der Waals surface area contributed by atoms with Gasteiger partial charge in [0.2, 0.25) is 5.95 Å². The van der Waals surface area contributed by atoms with Gasteiger partial charge < -0.3 is 15.5 Å². The molecule has 1 aliphatic rings. The molecular formula is C18H28N6O. The lowest BCUT2D eigenvalue weighted by atomic mass is 10.1. The molecule has 7 heteroatoms. The predicted octanol–water partition coefficient (Wildman–Crippen LogP) is 0.946. The third-order valence-electron chi connectivity index (χ3n) is 4.28. The minimum Gasteiger partial charge on any atom is -0.338 e. The molecule has 2 rings (SSSR count). The number of anilines is 1. The van der Waals surface area contributed by atoms with E-state index in [2.05, 4.69) is 36.3 Å². The van der Waals surface area contributed by atoms with Gasteiger partial charge in [-0.3, -0.25) is 4.90 Å². The maximum atomic E-state index is 11.8. The summed E-state index contributed by atoms with van der Waals surface area (Å²) in [7, 11) is 0. The number of terminal acetylenes is 1. The van der Waals surface area contributed by atoms with Crippen molar-refractivity contribution in [3.63, 3.8) is 0 Å². The molecule has 1 aromatic rings. The Morgan fingerprint density at radius 2 is 1.96 bits per heavy atom. The Balaban J connectivity index is 1.59. The van der Waals surface area contributed by atoms with Gasteiger partial charge in [0, 0.05) is 45.1 Å². The van der Waals surface area contributed by atoms with Crippen LogP contribution in [0.1, 0.15) is 20.3 Å². The van der Waals surface area contributed by atoms with Crippen molar-refractivity contribution in [2.24, 2.45) is 5.92 Å². The summed E-state index contributed by atoms with van der Waals surface area (Å²) in [5.74, 6) is 3.62. The zero-order valence-electron chi connectivity index (χ0n) is 15.1. The van der Waals surface area contributed by atoms with Gasteiger partial charge in [0.25, 0.3) is 0 Å². The third kappa shape index (κ3) is 6.24. The number of carbonyl (C=O) groups excluding carboxylic acids is 1. The maximum Gasteiger partial charge on any atom is 0.315 e. The van der Waals surface area contributed by atoms with E-state index in [-0.39, 0.29) is 18.0 Å². The summed E-state index contributed by atoms with van der Waals surface area (Å²) in [5, 5.41) is 5.68. The van der Waals surface area contributed by atoms with Gasteiger partial charge in [-0.05, 0) is 24.9 Å². The van der Waals surface area contributed by atoms with Gasteiger partial charge in [0.1, 0.15) is 0 Å². The minimum absolute atomic E-state index is 0.192. The van der Waals surface area contributed by atoms with Crippen LogP contribution in [0.15, 0.2) is 18.5 Å². The van der Waals surface area contributed by atoms with Crippen LogP contribution in [0.2, 0.25) is 0 Å². The zero-order valence-corrected chi connectivity index (χ0v) is 15.1. The molecule has 0 radical (unpaired) electrons. The van der Waals surface area contributed by atoms with Crippen molar-refractivity contribution >= 4 is 12.0 Å². The number of carbonyl (C=O) groups is 1. The molecule has 0 bridgehead atoms. The summed E-state index contributed by atoms with van der Waals surface area (Å²) in [6.45, 7) is 9.41. The fourth-order valence-electron chi connectivity index (χ4n) is 2.72. The molecule has 2 heterocycles. The monoisotopic (exact) mass is 344 g/mol. The van der Waals surface area contributed by atoms with Crippen molar-refractivity contribution in [2.75, 3.05) is 44.2 Å². The second-order valence-electron chi connectivity index (χ2n) is 6.52. The predicted molar refractivity (Wildman–Crippen MR) is 99.3 cm³/mol. The first-order chi connectivity index (χ1) is 12.1. The van der Waals surface area contributed by atoms with Crippen LogP contribution in [0.3, 0.4) is 0 Å². The zero-order chi connectivity index (χ0) is 18.1. The summed E-state index contributed by atoms with van der Waals surface area (Å²) >= 11 is 0. The fourth-order valence-corrected chi connectivity index (χ4v) is 2.72. The summed E-state index contributed by atoms with van der Waals surface area (Å²) in [6.07, 6.45) is 9.88. The molecule has 0 saturated carbocycles. The standard InChI is InChI=1S/C18H28N6O/c1-4-16(15(2)3)22-18(25)21-9-6-10-23-11-13-24(14-12-23)17-19-7-5-8-20-17/h1,5,7-8,15-16H,6,9-14H2,2-3H3,(H2,21,22,25). The van der Waals surface area contributed by atoms with Gasteiger partial charge in [-0.15, -0.1) is 6.42 Å². The van der Waals surface area contributed by atoms with E-state index >= 15 is 0 Å². The fraction of sp³-hybridized carbons (Fsp3) is 0.611. The Morgan fingerprint density at radius 3 is 2.56 bits per heavy atom. The highest BCUT2D eigenvalue weighted by Gasteiger charge is 2.18. The average molecular weight is 344 g/mol. The van der Waals surface area contributed by atoms with Gasteiger partial charge in [-0.1, -0.05) is 19.8 Å². The Labute approximate surface area is 150 Å². The van der Waals surface area contributed by atoms with Crippen molar-refractivity contribution in [2.45, 2.75) is 26.3 Å². The highest BCUT2D eigenvalue weighted by molar-refractivity contribution is 5.74. The summed E-state index contributed by atoms with van der Waals surface area (Å²) in [4.78, 5) is 25.0. The van der Waals surface area contributed by atoms with Crippen molar-refractivity contribution in [3.8, 4) is 12.3 Å². The molecule has 1 fully saturated rings. The lowest BCUT2D eigenvalue weighted by Crippen LogP contribution is -2.48. The Morgan fingerprint density at radius 1 is 1.28 bits per heavy atom. The molecule has 0 aromatic carbocycles. The van der Waals surface area contributed by atoms with Crippen LogP contribution in [0, 0.1) is 18.3 Å². The van der Waals surface area contributed by atoms with Gasteiger partial charge >= 0.3 is 6.03 Å². The molecule has 2 amide bonds. The van der Waals surface area contributed by atoms with E-state index in [1.807, 2.05) is 19.9 Å². The number of rotatable bonds is 7. The maximum absolute atomic E-state index is 11.8. The quantitative estimate of drug-likeness (QED) is 0.569. The molecule has 1 atom stereocenters.